The van der Waals surface area contributed by atoms with Crippen molar-refractivity contribution in [3.8, 4) is 22.4 Å². The molecule has 2 heterocycles. The van der Waals surface area contributed by atoms with Crippen LogP contribution in [0.1, 0.15) is 5.56 Å². The first-order valence-corrected chi connectivity index (χ1v) is 8.83. The van der Waals surface area contributed by atoms with Crippen molar-refractivity contribution in [3.63, 3.8) is 0 Å². The zero-order valence-electron chi connectivity index (χ0n) is 14.6. The van der Waals surface area contributed by atoms with E-state index in [1.165, 1.54) is 22.3 Å². The number of pyridine rings is 1. The minimum absolute atomic E-state index is 0.975. The first kappa shape index (κ1) is 14.9. The predicted octanol–water partition coefficient (Wildman–Crippen LogP) is 6.13. The second-order valence-electron chi connectivity index (χ2n) is 6.66. The minimum atomic E-state index is 0.975. The molecule has 124 valence electrons. The van der Waals surface area contributed by atoms with Crippen LogP contribution < -0.4 is 0 Å². The van der Waals surface area contributed by atoms with E-state index in [0.717, 1.165) is 22.4 Å². The van der Waals surface area contributed by atoms with Gasteiger partial charge in [0.15, 0.2) is 0 Å². The maximum absolute atomic E-state index is 4.87. The lowest BCUT2D eigenvalue weighted by Crippen LogP contribution is -1.94. The fraction of sp³-hybridized carbons (Fsp3) is 0.0417. The average Bonchev–Trinajstić information content (AvgIpc) is 3.07. The first-order valence-electron chi connectivity index (χ1n) is 8.83. The number of fused-ring (bicyclic) bond motifs is 3. The van der Waals surface area contributed by atoms with E-state index < -0.39 is 0 Å². The molecule has 0 aliphatic rings. The Bertz CT molecular complexity index is 1220. The molecule has 0 saturated heterocycles. The number of aromatic nitrogens is 2. The van der Waals surface area contributed by atoms with E-state index in [2.05, 4.69) is 96.3 Å². The monoisotopic (exact) mass is 334 g/mol. The molecule has 5 aromatic rings. The maximum Gasteiger partial charge on any atom is 0.139 e. The van der Waals surface area contributed by atoms with E-state index in [-0.39, 0.29) is 0 Å². The molecule has 0 atom stereocenters. The van der Waals surface area contributed by atoms with Gasteiger partial charge in [-0.1, -0.05) is 72.3 Å². The van der Waals surface area contributed by atoms with E-state index in [9.17, 15) is 0 Å². The van der Waals surface area contributed by atoms with E-state index in [0.29, 0.717) is 0 Å². The first-order chi connectivity index (χ1) is 12.8. The van der Waals surface area contributed by atoms with Gasteiger partial charge in [0.1, 0.15) is 5.65 Å². The van der Waals surface area contributed by atoms with Crippen molar-refractivity contribution in [1.29, 1.82) is 0 Å². The van der Waals surface area contributed by atoms with E-state index in [4.69, 9.17) is 4.98 Å². The van der Waals surface area contributed by atoms with Gasteiger partial charge in [-0.15, -0.1) is 0 Å². The van der Waals surface area contributed by atoms with Crippen LogP contribution >= 0.6 is 0 Å². The summed E-state index contributed by atoms with van der Waals surface area (Å²) < 4.78 is 2.25. The fourth-order valence-electron chi connectivity index (χ4n) is 3.52. The lowest BCUT2D eigenvalue weighted by molar-refractivity contribution is 1.23. The lowest BCUT2D eigenvalue weighted by Gasteiger charge is -2.11. The van der Waals surface area contributed by atoms with Crippen LogP contribution in [0.3, 0.4) is 0 Å². The number of hydrogen-bond donors (Lipinski definition) is 0. The van der Waals surface area contributed by atoms with Gasteiger partial charge in [-0.25, -0.2) is 4.98 Å². The van der Waals surface area contributed by atoms with Crippen LogP contribution in [0.5, 0.6) is 0 Å². The topological polar surface area (TPSA) is 17.3 Å². The predicted molar refractivity (Wildman–Crippen MR) is 108 cm³/mol. The van der Waals surface area contributed by atoms with Crippen molar-refractivity contribution in [2.45, 2.75) is 6.92 Å². The van der Waals surface area contributed by atoms with Crippen LogP contribution in [0.4, 0.5) is 0 Å². The van der Waals surface area contributed by atoms with Crippen molar-refractivity contribution in [3.05, 3.63) is 96.6 Å². The third kappa shape index (κ3) is 2.39. The van der Waals surface area contributed by atoms with Gasteiger partial charge in [0.25, 0.3) is 0 Å². The molecule has 2 aromatic heterocycles. The number of aryl methyl sites for hydroxylation is 1. The smallest absolute Gasteiger partial charge is 0.139 e. The van der Waals surface area contributed by atoms with Crippen molar-refractivity contribution in [2.24, 2.45) is 0 Å². The Labute approximate surface area is 152 Å². The summed E-state index contributed by atoms with van der Waals surface area (Å²) in [4.78, 5) is 4.87. The van der Waals surface area contributed by atoms with E-state index in [1.807, 2.05) is 6.07 Å². The number of para-hydroxylation sites is 2. The highest BCUT2D eigenvalue weighted by Crippen LogP contribution is 2.31. The quantitative estimate of drug-likeness (QED) is 0.379. The SMILES string of the molecule is Cc1ccc(-c2cc(-c3ccccc3)n3c(c2)nc2ccccc23)cc1. The Balaban J connectivity index is 1.87. The molecular formula is C24H18N2. The Kier molecular flexibility index (Phi) is 3.36. The van der Waals surface area contributed by atoms with Crippen molar-refractivity contribution in [1.82, 2.24) is 9.38 Å². The number of nitrogens with zero attached hydrogens (tertiary/aromatic N) is 2. The summed E-state index contributed by atoms with van der Waals surface area (Å²) in [6.45, 7) is 2.11. The van der Waals surface area contributed by atoms with Crippen LogP contribution in [0.2, 0.25) is 0 Å². The van der Waals surface area contributed by atoms with Gasteiger partial charge in [0.05, 0.1) is 16.7 Å². The number of imidazole rings is 1. The number of benzene rings is 3. The molecule has 0 saturated carbocycles. The van der Waals surface area contributed by atoms with Gasteiger partial charge in [0.2, 0.25) is 0 Å². The second kappa shape index (κ2) is 5.85. The summed E-state index contributed by atoms with van der Waals surface area (Å²) in [6, 6.07) is 32.0. The van der Waals surface area contributed by atoms with Gasteiger partial charge in [-0.2, -0.15) is 0 Å². The van der Waals surface area contributed by atoms with Crippen molar-refractivity contribution < 1.29 is 0 Å². The average molecular weight is 334 g/mol. The van der Waals surface area contributed by atoms with Crippen LogP contribution in [-0.4, -0.2) is 9.38 Å². The van der Waals surface area contributed by atoms with E-state index >= 15 is 0 Å². The molecule has 0 amide bonds. The highest BCUT2D eigenvalue weighted by atomic mass is 15.0. The molecule has 0 bridgehead atoms. The molecule has 5 rings (SSSR count). The van der Waals surface area contributed by atoms with Crippen molar-refractivity contribution >= 4 is 16.7 Å². The Morgan fingerprint density at radius 3 is 2.19 bits per heavy atom. The molecule has 0 aliphatic heterocycles. The van der Waals surface area contributed by atoms with Gasteiger partial charge < -0.3 is 0 Å². The molecule has 0 radical (unpaired) electrons. The molecular weight excluding hydrogens is 316 g/mol. The van der Waals surface area contributed by atoms with Crippen LogP contribution in [-0.2, 0) is 0 Å². The van der Waals surface area contributed by atoms with Gasteiger partial charge in [0, 0.05) is 0 Å². The van der Waals surface area contributed by atoms with Crippen LogP contribution in [0, 0.1) is 6.92 Å². The minimum Gasteiger partial charge on any atom is -0.292 e. The normalized spacial score (nSPS) is 11.3. The molecule has 0 fully saturated rings. The standard InChI is InChI=1S/C24H18N2/c1-17-11-13-18(14-12-17)20-15-23(19-7-3-2-4-8-19)26-22-10-6-5-9-21(22)25-24(26)16-20/h2-16H,1H3. The third-order valence-corrected chi connectivity index (χ3v) is 4.86. The molecule has 0 spiro atoms. The lowest BCUT2D eigenvalue weighted by atomic mass is 10.0. The summed E-state index contributed by atoms with van der Waals surface area (Å²) in [5, 5.41) is 0. The number of hydrogen-bond acceptors (Lipinski definition) is 1. The molecule has 0 aliphatic carbocycles. The third-order valence-electron chi connectivity index (χ3n) is 4.86. The highest BCUT2D eigenvalue weighted by Gasteiger charge is 2.12. The van der Waals surface area contributed by atoms with Crippen LogP contribution in [0.25, 0.3) is 39.1 Å². The summed E-state index contributed by atoms with van der Waals surface area (Å²) in [6.07, 6.45) is 0. The summed E-state index contributed by atoms with van der Waals surface area (Å²) in [5.41, 5.74) is 9.14. The second-order valence-corrected chi connectivity index (χ2v) is 6.66. The Hall–Kier alpha value is -3.39. The Morgan fingerprint density at radius 1 is 0.654 bits per heavy atom. The molecule has 2 heteroatoms. The highest BCUT2D eigenvalue weighted by molar-refractivity contribution is 5.86. The van der Waals surface area contributed by atoms with Gasteiger partial charge in [-0.3, -0.25) is 4.40 Å². The molecule has 0 unspecified atom stereocenters. The summed E-state index contributed by atoms with van der Waals surface area (Å²) in [7, 11) is 0. The zero-order chi connectivity index (χ0) is 17.5. The summed E-state index contributed by atoms with van der Waals surface area (Å²) >= 11 is 0. The van der Waals surface area contributed by atoms with Gasteiger partial charge in [-0.05, 0) is 47.9 Å². The van der Waals surface area contributed by atoms with Gasteiger partial charge >= 0.3 is 0 Å². The largest absolute Gasteiger partial charge is 0.292 e. The summed E-state index contributed by atoms with van der Waals surface area (Å²) in [5.74, 6) is 0. The van der Waals surface area contributed by atoms with E-state index in [1.54, 1.807) is 0 Å². The zero-order valence-corrected chi connectivity index (χ0v) is 14.6. The number of rotatable bonds is 2. The van der Waals surface area contributed by atoms with Crippen molar-refractivity contribution in [2.75, 3.05) is 0 Å². The Morgan fingerprint density at radius 2 is 1.38 bits per heavy atom. The fourth-order valence-corrected chi connectivity index (χ4v) is 3.52. The molecule has 2 nitrogen and oxygen atoms in total. The van der Waals surface area contributed by atoms with Crippen LogP contribution in [0.15, 0.2) is 91.0 Å². The molecule has 0 N–H and O–H groups in total. The molecule has 26 heavy (non-hydrogen) atoms. The maximum atomic E-state index is 4.87. The molecule has 3 aromatic carbocycles.